The minimum absolute atomic E-state index is 0.0429. The second-order valence-corrected chi connectivity index (χ2v) is 5.55. The summed E-state index contributed by atoms with van der Waals surface area (Å²) in [5, 5.41) is 3.89. The first kappa shape index (κ1) is 12.6. The highest BCUT2D eigenvalue weighted by molar-refractivity contribution is 7.09. The molecule has 0 bridgehead atoms. The van der Waals surface area contributed by atoms with Crippen LogP contribution in [0.1, 0.15) is 27.9 Å². The van der Waals surface area contributed by atoms with Gasteiger partial charge in [0, 0.05) is 28.6 Å². The van der Waals surface area contributed by atoms with Crippen LogP contribution in [-0.2, 0) is 6.42 Å². The second-order valence-electron chi connectivity index (χ2n) is 4.20. The summed E-state index contributed by atoms with van der Waals surface area (Å²) < 4.78 is 0. The third-order valence-corrected chi connectivity index (χ3v) is 4.08. The van der Waals surface area contributed by atoms with Gasteiger partial charge >= 0.3 is 0 Å². The van der Waals surface area contributed by atoms with E-state index in [1.165, 1.54) is 0 Å². The third-order valence-electron chi connectivity index (χ3n) is 2.69. The zero-order chi connectivity index (χ0) is 12.4. The Balaban J connectivity index is 2.14. The summed E-state index contributed by atoms with van der Waals surface area (Å²) in [7, 11) is 0. The average Bonchev–Trinajstić information content (AvgIpc) is 2.68. The maximum absolute atomic E-state index is 6.16. The van der Waals surface area contributed by atoms with Gasteiger partial charge in [-0.2, -0.15) is 0 Å². The number of halogens is 1. The zero-order valence-corrected chi connectivity index (χ0v) is 11.5. The van der Waals surface area contributed by atoms with Crippen LogP contribution in [-0.4, -0.2) is 4.98 Å². The molecule has 0 aliphatic rings. The topological polar surface area (TPSA) is 38.9 Å². The lowest BCUT2D eigenvalue weighted by Gasteiger charge is -2.11. The van der Waals surface area contributed by atoms with Gasteiger partial charge < -0.3 is 5.73 Å². The maximum atomic E-state index is 6.16. The molecule has 2 nitrogen and oxygen atoms in total. The smallest absolute Gasteiger partial charge is 0.0947 e. The summed E-state index contributed by atoms with van der Waals surface area (Å²) in [6, 6.07) is 5.94. The molecule has 90 valence electrons. The van der Waals surface area contributed by atoms with Crippen molar-refractivity contribution in [1.82, 2.24) is 4.98 Å². The Morgan fingerprint density at radius 2 is 2.18 bits per heavy atom. The summed E-state index contributed by atoms with van der Waals surface area (Å²) in [6.45, 7) is 3.98. The van der Waals surface area contributed by atoms with Gasteiger partial charge in [0.05, 0.1) is 5.01 Å². The molecule has 4 heteroatoms. The Labute approximate surface area is 110 Å². The second kappa shape index (κ2) is 5.17. The number of nitrogens with zero attached hydrogens (tertiary/aromatic N) is 1. The van der Waals surface area contributed by atoms with Gasteiger partial charge in [-0.15, -0.1) is 11.3 Å². The van der Waals surface area contributed by atoms with E-state index in [0.29, 0.717) is 0 Å². The van der Waals surface area contributed by atoms with Crippen LogP contribution in [0, 0.1) is 13.8 Å². The Morgan fingerprint density at radius 1 is 1.41 bits per heavy atom. The van der Waals surface area contributed by atoms with E-state index < -0.39 is 0 Å². The molecule has 1 aromatic carbocycles. The van der Waals surface area contributed by atoms with Gasteiger partial charge in [0.25, 0.3) is 0 Å². The molecule has 0 amide bonds. The molecule has 17 heavy (non-hydrogen) atoms. The molecule has 2 rings (SSSR count). The van der Waals surface area contributed by atoms with E-state index in [1.807, 2.05) is 37.4 Å². The van der Waals surface area contributed by atoms with Crippen molar-refractivity contribution in [1.29, 1.82) is 0 Å². The van der Waals surface area contributed by atoms with Crippen LogP contribution in [0.2, 0.25) is 5.02 Å². The summed E-state index contributed by atoms with van der Waals surface area (Å²) in [5.41, 5.74) is 9.36. The van der Waals surface area contributed by atoms with Gasteiger partial charge in [0.2, 0.25) is 0 Å². The van der Waals surface area contributed by atoms with Gasteiger partial charge in [-0.1, -0.05) is 23.7 Å². The van der Waals surface area contributed by atoms with Crippen molar-refractivity contribution in [3.63, 3.8) is 0 Å². The van der Waals surface area contributed by atoms with Crippen LogP contribution in [0.4, 0.5) is 0 Å². The predicted molar refractivity (Wildman–Crippen MR) is 73.7 cm³/mol. The molecule has 1 unspecified atom stereocenters. The Morgan fingerprint density at radius 3 is 2.76 bits per heavy atom. The normalized spacial score (nSPS) is 12.7. The van der Waals surface area contributed by atoms with Crippen molar-refractivity contribution >= 4 is 22.9 Å². The summed E-state index contributed by atoms with van der Waals surface area (Å²) in [5.74, 6) is 0. The molecule has 2 N–H and O–H groups in total. The van der Waals surface area contributed by atoms with E-state index in [4.69, 9.17) is 17.3 Å². The number of nitrogens with two attached hydrogens (primary N) is 1. The van der Waals surface area contributed by atoms with Crippen LogP contribution in [0.5, 0.6) is 0 Å². The Bertz CT molecular complexity index is 522. The van der Waals surface area contributed by atoms with E-state index in [0.717, 1.165) is 33.3 Å². The first-order chi connectivity index (χ1) is 8.06. The Hall–Kier alpha value is -0.900. The van der Waals surface area contributed by atoms with Gasteiger partial charge in [-0.25, -0.2) is 4.98 Å². The van der Waals surface area contributed by atoms with Crippen molar-refractivity contribution in [2.75, 3.05) is 0 Å². The molecule has 0 saturated carbocycles. The molecule has 0 aliphatic heterocycles. The quantitative estimate of drug-likeness (QED) is 0.921. The number of hydrogen-bond donors (Lipinski definition) is 1. The van der Waals surface area contributed by atoms with E-state index in [-0.39, 0.29) is 6.04 Å². The monoisotopic (exact) mass is 266 g/mol. The molecule has 1 atom stereocenters. The van der Waals surface area contributed by atoms with Crippen molar-refractivity contribution in [3.8, 4) is 0 Å². The number of benzene rings is 1. The average molecular weight is 267 g/mol. The first-order valence-corrected chi connectivity index (χ1v) is 6.74. The van der Waals surface area contributed by atoms with Crippen LogP contribution in [0.15, 0.2) is 23.6 Å². The fourth-order valence-corrected chi connectivity index (χ4v) is 2.66. The molecule has 0 radical (unpaired) electrons. The van der Waals surface area contributed by atoms with Gasteiger partial charge in [0.1, 0.15) is 0 Å². The molecule has 0 spiro atoms. The first-order valence-electron chi connectivity index (χ1n) is 5.49. The van der Waals surface area contributed by atoms with E-state index in [1.54, 1.807) is 11.3 Å². The number of rotatable bonds is 3. The van der Waals surface area contributed by atoms with Crippen molar-refractivity contribution in [2.24, 2.45) is 5.73 Å². The zero-order valence-electron chi connectivity index (χ0n) is 9.90. The molecule has 0 saturated heterocycles. The SMILES string of the molecule is Cc1csc(CC(N)c2ccc(C)c(Cl)c2)n1. The van der Waals surface area contributed by atoms with Crippen molar-refractivity contribution in [3.05, 3.63) is 50.4 Å². The lowest BCUT2D eigenvalue weighted by atomic mass is 10.0. The predicted octanol–water partition coefficient (Wildman–Crippen LogP) is 3.66. The fourth-order valence-electron chi connectivity index (χ4n) is 1.64. The largest absolute Gasteiger partial charge is 0.324 e. The van der Waals surface area contributed by atoms with E-state index in [9.17, 15) is 0 Å². The molecule has 0 fully saturated rings. The molecule has 0 aliphatic carbocycles. The summed E-state index contributed by atoms with van der Waals surface area (Å²) >= 11 is 7.75. The lowest BCUT2D eigenvalue weighted by molar-refractivity contribution is 0.716. The number of aromatic nitrogens is 1. The van der Waals surface area contributed by atoms with E-state index >= 15 is 0 Å². The minimum atomic E-state index is -0.0429. The maximum Gasteiger partial charge on any atom is 0.0947 e. The van der Waals surface area contributed by atoms with Gasteiger partial charge in [-0.05, 0) is 31.0 Å². The Kier molecular flexibility index (Phi) is 3.82. The number of hydrogen-bond acceptors (Lipinski definition) is 3. The minimum Gasteiger partial charge on any atom is -0.324 e. The summed E-state index contributed by atoms with van der Waals surface area (Å²) in [4.78, 5) is 4.42. The van der Waals surface area contributed by atoms with Crippen LogP contribution < -0.4 is 5.73 Å². The molecular weight excluding hydrogens is 252 g/mol. The van der Waals surface area contributed by atoms with E-state index in [2.05, 4.69) is 4.98 Å². The number of thiazole rings is 1. The molecular formula is C13H15ClN2S. The summed E-state index contributed by atoms with van der Waals surface area (Å²) in [6.07, 6.45) is 0.762. The highest BCUT2D eigenvalue weighted by atomic mass is 35.5. The molecule has 1 heterocycles. The van der Waals surface area contributed by atoms with Crippen LogP contribution >= 0.6 is 22.9 Å². The standard InChI is InChI=1S/C13H15ClN2S/c1-8-3-4-10(5-11(8)14)12(15)6-13-16-9(2)7-17-13/h3-5,7,12H,6,15H2,1-2H3. The fraction of sp³-hybridized carbons (Fsp3) is 0.308. The highest BCUT2D eigenvalue weighted by Crippen LogP contribution is 2.23. The van der Waals surface area contributed by atoms with Crippen LogP contribution in [0.25, 0.3) is 0 Å². The van der Waals surface area contributed by atoms with Gasteiger partial charge in [0.15, 0.2) is 0 Å². The lowest BCUT2D eigenvalue weighted by Crippen LogP contribution is -2.13. The van der Waals surface area contributed by atoms with Crippen molar-refractivity contribution < 1.29 is 0 Å². The molecule has 2 aromatic rings. The van der Waals surface area contributed by atoms with Gasteiger partial charge in [-0.3, -0.25) is 0 Å². The number of aryl methyl sites for hydroxylation is 2. The third kappa shape index (κ3) is 3.06. The highest BCUT2D eigenvalue weighted by Gasteiger charge is 2.10. The van der Waals surface area contributed by atoms with Crippen molar-refractivity contribution in [2.45, 2.75) is 26.3 Å². The molecule has 1 aromatic heterocycles. The van der Waals surface area contributed by atoms with Crippen LogP contribution in [0.3, 0.4) is 0 Å².